The summed E-state index contributed by atoms with van der Waals surface area (Å²) in [6, 6.07) is 17.2. The SMILES string of the molecule is COc1cc(C)cc(C(c2ccccc2)c2cc(C)cc(OC)c2O)c1O. The maximum absolute atomic E-state index is 10.9. The highest BCUT2D eigenvalue weighted by Gasteiger charge is 2.26. The summed E-state index contributed by atoms with van der Waals surface area (Å²) >= 11 is 0. The molecule has 4 heteroatoms. The fourth-order valence-corrected chi connectivity index (χ4v) is 3.47. The molecule has 0 fully saturated rings. The molecule has 0 bridgehead atoms. The summed E-state index contributed by atoms with van der Waals surface area (Å²) in [5.74, 6) is 0.567. The topological polar surface area (TPSA) is 58.9 Å². The van der Waals surface area contributed by atoms with Gasteiger partial charge in [0.15, 0.2) is 23.0 Å². The molecule has 3 rings (SSSR count). The predicted octanol–water partition coefficient (Wildman–Crippen LogP) is 4.91. The van der Waals surface area contributed by atoms with Gasteiger partial charge in [-0.3, -0.25) is 0 Å². The lowest BCUT2D eigenvalue weighted by molar-refractivity contribution is 0.366. The van der Waals surface area contributed by atoms with E-state index in [1.807, 2.05) is 56.3 Å². The fourth-order valence-electron chi connectivity index (χ4n) is 3.47. The summed E-state index contributed by atoms with van der Waals surface area (Å²) in [5, 5.41) is 21.7. The standard InChI is InChI=1S/C23H24O4/c1-14-10-17(22(24)19(12-14)26-3)21(16-8-6-5-7-9-16)18-11-15(2)13-20(27-4)23(18)25/h5-13,21,24-25H,1-4H3. The molecule has 0 aliphatic carbocycles. The Morgan fingerprint density at radius 1 is 0.704 bits per heavy atom. The number of rotatable bonds is 5. The molecule has 4 nitrogen and oxygen atoms in total. The van der Waals surface area contributed by atoms with Crippen molar-refractivity contribution in [1.29, 1.82) is 0 Å². The molecule has 0 aliphatic heterocycles. The Morgan fingerprint density at radius 3 is 1.56 bits per heavy atom. The molecule has 0 heterocycles. The van der Waals surface area contributed by atoms with Gasteiger partial charge in [-0.25, -0.2) is 0 Å². The van der Waals surface area contributed by atoms with Gasteiger partial charge in [-0.05, 0) is 42.7 Å². The summed E-state index contributed by atoms with van der Waals surface area (Å²) in [6.07, 6.45) is 0. The minimum Gasteiger partial charge on any atom is -0.504 e. The van der Waals surface area contributed by atoms with Gasteiger partial charge in [-0.2, -0.15) is 0 Å². The molecule has 3 aromatic rings. The van der Waals surface area contributed by atoms with Crippen LogP contribution in [0.2, 0.25) is 0 Å². The van der Waals surface area contributed by atoms with E-state index < -0.39 is 0 Å². The summed E-state index contributed by atoms with van der Waals surface area (Å²) < 4.78 is 10.7. The van der Waals surface area contributed by atoms with Gasteiger partial charge in [0.25, 0.3) is 0 Å². The van der Waals surface area contributed by atoms with E-state index in [-0.39, 0.29) is 17.4 Å². The van der Waals surface area contributed by atoms with Crippen LogP contribution in [0.5, 0.6) is 23.0 Å². The van der Waals surface area contributed by atoms with Crippen molar-refractivity contribution in [3.8, 4) is 23.0 Å². The minimum absolute atomic E-state index is 0.0665. The zero-order valence-electron chi connectivity index (χ0n) is 16.0. The van der Waals surface area contributed by atoms with Gasteiger partial charge >= 0.3 is 0 Å². The highest BCUT2D eigenvalue weighted by molar-refractivity contribution is 5.60. The lowest BCUT2D eigenvalue weighted by Crippen LogP contribution is -2.06. The van der Waals surface area contributed by atoms with Crippen LogP contribution < -0.4 is 9.47 Å². The van der Waals surface area contributed by atoms with Crippen LogP contribution in [0.25, 0.3) is 0 Å². The Balaban J connectivity index is 2.34. The molecule has 0 atom stereocenters. The Kier molecular flexibility index (Phi) is 5.26. The van der Waals surface area contributed by atoms with Crippen LogP contribution in [0.3, 0.4) is 0 Å². The van der Waals surface area contributed by atoms with E-state index in [0.717, 1.165) is 16.7 Å². The maximum atomic E-state index is 10.9. The molecule has 0 aliphatic rings. The average molecular weight is 364 g/mol. The molecule has 2 N–H and O–H groups in total. The summed E-state index contributed by atoms with van der Waals surface area (Å²) in [4.78, 5) is 0. The second-order valence-corrected chi connectivity index (χ2v) is 6.65. The third kappa shape index (κ3) is 3.56. The van der Waals surface area contributed by atoms with Crippen molar-refractivity contribution in [2.24, 2.45) is 0 Å². The molecule has 27 heavy (non-hydrogen) atoms. The van der Waals surface area contributed by atoms with E-state index >= 15 is 0 Å². The predicted molar refractivity (Wildman–Crippen MR) is 106 cm³/mol. The van der Waals surface area contributed by atoms with Gasteiger partial charge < -0.3 is 19.7 Å². The molecule has 3 aromatic carbocycles. The van der Waals surface area contributed by atoms with Crippen molar-refractivity contribution < 1.29 is 19.7 Å². The van der Waals surface area contributed by atoms with Crippen LogP contribution in [0.1, 0.15) is 33.7 Å². The molecule has 0 spiro atoms. The second-order valence-electron chi connectivity index (χ2n) is 6.65. The molecular weight excluding hydrogens is 340 g/mol. The van der Waals surface area contributed by atoms with Crippen LogP contribution >= 0.6 is 0 Å². The summed E-state index contributed by atoms with van der Waals surface area (Å²) in [7, 11) is 3.06. The first kappa shape index (κ1) is 18.6. The number of phenolic OH excluding ortho intramolecular Hbond substituents is 2. The van der Waals surface area contributed by atoms with E-state index in [0.29, 0.717) is 22.6 Å². The first-order valence-corrected chi connectivity index (χ1v) is 8.76. The maximum Gasteiger partial charge on any atom is 0.161 e. The molecule has 0 saturated heterocycles. The van der Waals surface area contributed by atoms with Gasteiger partial charge in [0, 0.05) is 17.0 Å². The lowest BCUT2D eigenvalue weighted by Gasteiger charge is -2.23. The third-order valence-electron chi connectivity index (χ3n) is 4.69. The molecule has 0 unspecified atom stereocenters. The molecule has 0 saturated carbocycles. The Hall–Kier alpha value is -3.14. The van der Waals surface area contributed by atoms with Gasteiger partial charge in [0.05, 0.1) is 14.2 Å². The van der Waals surface area contributed by atoms with Gasteiger partial charge in [-0.15, -0.1) is 0 Å². The molecule has 140 valence electrons. The van der Waals surface area contributed by atoms with E-state index in [2.05, 4.69) is 0 Å². The van der Waals surface area contributed by atoms with Crippen molar-refractivity contribution in [1.82, 2.24) is 0 Å². The van der Waals surface area contributed by atoms with E-state index in [1.165, 1.54) is 14.2 Å². The second kappa shape index (κ2) is 7.62. The minimum atomic E-state index is -0.381. The van der Waals surface area contributed by atoms with Crippen molar-refractivity contribution in [3.05, 3.63) is 82.4 Å². The van der Waals surface area contributed by atoms with E-state index in [4.69, 9.17) is 9.47 Å². The Labute approximate surface area is 159 Å². The van der Waals surface area contributed by atoms with Crippen molar-refractivity contribution >= 4 is 0 Å². The number of benzene rings is 3. The number of phenols is 2. The van der Waals surface area contributed by atoms with Gasteiger partial charge in [0.1, 0.15) is 0 Å². The molecule has 0 aromatic heterocycles. The van der Waals surface area contributed by atoms with Crippen LogP contribution in [0.4, 0.5) is 0 Å². The van der Waals surface area contributed by atoms with Crippen LogP contribution in [0, 0.1) is 13.8 Å². The highest BCUT2D eigenvalue weighted by Crippen LogP contribution is 2.46. The van der Waals surface area contributed by atoms with Crippen molar-refractivity contribution in [3.63, 3.8) is 0 Å². The van der Waals surface area contributed by atoms with E-state index in [1.54, 1.807) is 12.1 Å². The normalized spacial score (nSPS) is 10.9. The number of hydrogen-bond acceptors (Lipinski definition) is 4. The molecule has 0 radical (unpaired) electrons. The number of hydrogen-bond donors (Lipinski definition) is 2. The molecule has 0 amide bonds. The first-order chi connectivity index (χ1) is 13.0. The third-order valence-corrected chi connectivity index (χ3v) is 4.69. The van der Waals surface area contributed by atoms with E-state index in [9.17, 15) is 10.2 Å². The molecular formula is C23H24O4. The highest BCUT2D eigenvalue weighted by atomic mass is 16.5. The zero-order chi connectivity index (χ0) is 19.6. The smallest absolute Gasteiger partial charge is 0.161 e. The quantitative estimate of drug-likeness (QED) is 0.632. The number of ether oxygens (including phenoxy) is 2. The van der Waals surface area contributed by atoms with Gasteiger partial charge in [-0.1, -0.05) is 42.5 Å². The van der Waals surface area contributed by atoms with Crippen molar-refractivity contribution in [2.75, 3.05) is 14.2 Å². The first-order valence-electron chi connectivity index (χ1n) is 8.76. The summed E-state index contributed by atoms with van der Waals surface area (Å²) in [6.45, 7) is 3.90. The van der Waals surface area contributed by atoms with Crippen molar-refractivity contribution in [2.45, 2.75) is 19.8 Å². The average Bonchev–Trinajstić information content (AvgIpc) is 2.67. The Morgan fingerprint density at radius 2 is 1.15 bits per heavy atom. The van der Waals surface area contributed by atoms with Crippen LogP contribution in [-0.2, 0) is 0 Å². The van der Waals surface area contributed by atoms with Gasteiger partial charge in [0.2, 0.25) is 0 Å². The lowest BCUT2D eigenvalue weighted by atomic mass is 9.82. The van der Waals surface area contributed by atoms with Crippen LogP contribution in [-0.4, -0.2) is 24.4 Å². The largest absolute Gasteiger partial charge is 0.504 e. The monoisotopic (exact) mass is 364 g/mol. The number of aryl methyl sites for hydroxylation is 2. The number of aromatic hydroxyl groups is 2. The number of methoxy groups -OCH3 is 2. The summed E-state index contributed by atoms with van der Waals surface area (Å²) in [5.41, 5.74) is 4.20. The Bertz CT molecular complexity index is 889. The van der Waals surface area contributed by atoms with Crippen LogP contribution in [0.15, 0.2) is 54.6 Å². The zero-order valence-corrected chi connectivity index (χ0v) is 16.0. The fraction of sp³-hybridized carbons (Fsp3) is 0.217.